The Bertz CT molecular complexity index is 527. The summed E-state index contributed by atoms with van der Waals surface area (Å²) in [5.41, 5.74) is -0.400. The average Bonchev–Trinajstić information content (AvgIpc) is 2.81. The van der Waals surface area contributed by atoms with Crippen molar-refractivity contribution in [3.63, 3.8) is 0 Å². The molecule has 0 aromatic carbocycles. The standard InChI is InChI=1S/C17H24O6/c1-5-17(8-19)6-12(22-11(4)20)13-10(3)16(21)23-15(13)14(17)9(2)7-18/h5,10,12-15,18-19H,1-2,6-8H2,3-4H3/t10-,12-,13+,14+,15-,17+/m0/s1. The number of fused-ring (bicyclic) bond motifs is 1. The molecule has 6 nitrogen and oxygen atoms in total. The van der Waals surface area contributed by atoms with Crippen LogP contribution in [-0.4, -0.2) is 47.6 Å². The fourth-order valence-electron chi connectivity index (χ4n) is 4.06. The van der Waals surface area contributed by atoms with E-state index < -0.39 is 35.4 Å². The normalized spacial score (nSPS) is 39.3. The first-order valence-corrected chi connectivity index (χ1v) is 7.72. The molecule has 2 N–H and O–H groups in total. The van der Waals surface area contributed by atoms with Crippen LogP contribution in [0.3, 0.4) is 0 Å². The maximum absolute atomic E-state index is 12.1. The summed E-state index contributed by atoms with van der Waals surface area (Å²) < 4.78 is 10.9. The molecule has 0 amide bonds. The Hall–Kier alpha value is -1.66. The van der Waals surface area contributed by atoms with Crippen LogP contribution < -0.4 is 0 Å². The van der Waals surface area contributed by atoms with Gasteiger partial charge < -0.3 is 19.7 Å². The Morgan fingerprint density at radius 1 is 1.52 bits per heavy atom. The van der Waals surface area contributed by atoms with E-state index in [0.29, 0.717) is 12.0 Å². The monoisotopic (exact) mass is 324 g/mol. The van der Waals surface area contributed by atoms with Gasteiger partial charge in [-0.05, 0) is 12.0 Å². The minimum atomic E-state index is -0.870. The molecule has 0 bridgehead atoms. The number of rotatable bonds is 5. The quantitative estimate of drug-likeness (QED) is 0.575. The smallest absolute Gasteiger partial charge is 0.309 e. The lowest BCUT2D eigenvalue weighted by molar-refractivity contribution is -0.164. The topological polar surface area (TPSA) is 93.1 Å². The van der Waals surface area contributed by atoms with Gasteiger partial charge in [-0.2, -0.15) is 0 Å². The second-order valence-electron chi connectivity index (χ2n) is 6.51. The largest absolute Gasteiger partial charge is 0.462 e. The molecule has 1 saturated heterocycles. The lowest BCUT2D eigenvalue weighted by atomic mass is 9.57. The Balaban J connectivity index is 2.51. The van der Waals surface area contributed by atoms with Gasteiger partial charge in [0.15, 0.2) is 0 Å². The molecule has 6 heteroatoms. The zero-order valence-electron chi connectivity index (χ0n) is 13.5. The van der Waals surface area contributed by atoms with Crippen molar-refractivity contribution in [3.8, 4) is 0 Å². The highest BCUT2D eigenvalue weighted by Gasteiger charge is 2.60. The summed E-state index contributed by atoms with van der Waals surface area (Å²) in [5, 5.41) is 19.5. The van der Waals surface area contributed by atoms with Crippen LogP contribution >= 0.6 is 0 Å². The molecule has 0 aromatic rings. The van der Waals surface area contributed by atoms with Gasteiger partial charge in [0.25, 0.3) is 0 Å². The maximum atomic E-state index is 12.1. The summed E-state index contributed by atoms with van der Waals surface area (Å²) in [5.74, 6) is -2.05. The van der Waals surface area contributed by atoms with Gasteiger partial charge in [-0.1, -0.05) is 19.6 Å². The molecule has 1 heterocycles. The van der Waals surface area contributed by atoms with Gasteiger partial charge in [0.05, 0.1) is 19.1 Å². The predicted molar refractivity (Wildman–Crippen MR) is 82.1 cm³/mol. The molecule has 2 aliphatic rings. The van der Waals surface area contributed by atoms with E-state index in [2.05, 4.69) is 13.2 Å². The van der Waals surface area contributed by atoms with Crippen LogP contribution in [0, 0.1) is 23.2 Å². The SMILES string of the molecule is C=C[C@]1(CO)C[C@H](OC(C)=O)[C@@H]2[C@H](OC(=O)[C@H]2C)[C@H]1C(=C)CO. The minimum Gasteiger partial charge on any atom is -0.462 e. The first kappa shape index (κ1) is 17.7. The summed E-state index contributed by atoms with van der Waals surface area (Å²) in [6, 6.07) is 0. The number of hydrogen-bond donors (Lipinski definition) is 2. The van der Waals surface area contributed by atoms with Crippen LogP contribution in [0.4, 0.5) is 0 Å². The fourth-order valence-corrected chi connectivity index (χ4v) is 4.06. The van der Waals surface area contributed by atoms with Crippen LogP contribution in [0.1, 0.15) is 20.3 Å². The molecule has 1 saturated carbocycles. The van der Waals surface area contributed by atoms with Gasteiger partial charge in [-0.25, -0.2) is 0 Å². The molecule has 128 valence electrons. The lowest BCUT2D eigenvalue weighted by Gasteiger charge is -2.49. The second-order valence-corrected chi connectivity index (χ2v) is 6.51. The van der Waals surface area contributed by atoms with Crippen LogP contribution in [0.2, 0.25) is 0 Å². The Morgan fingerprint density at radius 2 is 2.17 bits per heavy atom. The van der Waals surface area contributed by atoms with E-state index >= 15 is 0 Å². The molecule has 0 unspecified atom stereocenters. The first-order chi connectivity index (χ1) is 10.8. The number of aliphatic hydroxyl groups excluding tert-OH is 2. The van der Waals surface area contributed by atoms with E-state index in [1.54, 1.807) is 13.0 Å². The number of hydrogen-bond acceptors (Lipinski definition) is 6. The first-order valence-electron chi connectivity index (χ1n) is 7.72. The summed E-state index contributed by atoms with van der Waals surface area (Å²) in [6.45, 7) is 10.2. The van der Waals surface area contributed by atoms with Gasteiger partial charge in [0.1, 0.15) is 12.2 Å². The van der Waals surface area contributed by atoms with E-state index in [1.165, 1.54) is 6.92 Å². The summed E-state index contributed by atoms with van der Waals surface area (Å²) >= 11 is 0. The van der Waals surface area contributed by atoms with E-state index in [4.69, 9.17) is 9.47 Å². The molecule has 0 radical (unpaired) electrons. The van der Waals surface area contributed by atoms with Crippen LogP contribution in [0.25, 0.3) is 0 Å². The summed E-state index contributed by atoms with van der Waals surface area (Å²) in [6.07, 6.45) is 0.715. The fraction of sp³-hybridized carbons (Fsp3) is 0.647. The highest BCUT2D eigenvalue weighted by Crippen LogP contribution is 2.53. The van der Waals surface area contributed by atoms with E-state index in [0.717, 1.165) is 0 Å². The molecule has 23 heavy (non-hydrogen) atoms. The van der Waals surface area contributed by atoms with Crippen molar-refractivity contribution >= 4 is 11.9 Å². The Labute approximate surface area is 135 Å². The highest BCUT2D eigenvalue weighted by molar-refractivity contribution is 5.75. The van der Waals surface area contributed by atoms with Crippen molar-refractivity contribution in [1.82, 2.24) is 0 Å². The summed E-state index contributed by atoms with van der Waals surface area (Å²) in [4.78, 5) is 23.5. The zero-order valence-corrected chi connectivity index (χ0v) is 13.5. The number of esters is 2. The second kappa shape index (κ2) is 6.45. The molecule has 1 aliphatic heterocycles. The molecular formula is C17H24O6. The third-order valence-electron chi connectivity index (χ3n) is 5.20. The van der Waals surface area contributed by atoms with E-state index in [9.17, 15) is 19.8 Å². The van der Waals surface area contributed by atoms with Gasteiger partial charge >= 0.3 is 11.9 Å². The van der Waals surface area contributed by atoms with Crippen molar-refractivity contribution in [1.29, 1.82) is 0 Å². The number of aliphatic hydroxyl groups is 2. The van der Waals surface area contributed by atoms with Crippen LogP contribution in [0.5, 0.6) is 0 Å². The molecule has 1 aliphatic carbocycles. The highest BCUT2D eigenvalue weighted by atomic mass is 16.6. The minimum absolute atomic E-state index is 0.271. The van der Waals surface area contributed by atoms with E-state index in [1.807, 2.05) is 0 Å². The predicted octanol–water partition coefficient (Wildman–Crippen LogP) is 0.829. The molecule has 2 fully saturated rings. The van der Waals surface area contributed by atoms with Crippen molar-refractivity contribution in [3.05, 3.63) is 24.8 Å². The molecule has 0 spiro atoms. The van der Waals surface area contributed by atoms with Crippen molar-refractivity contribution < 1.29 is 29.3 Å². The van der Waals surface area contributed by atoms with Crippen LogP contribution in [-0.2, 0) is 19.1 Å². The molecule has 6 atom stereocenters. The molecule has 2 rings (SSSR count). The number of carbonyl (C=O) groups is 2. The van der Waals surface area contributed by atoms with Crippen LogP contribution in [0.15, 0.2) is 24.8 Å². The molecule has 0 aromatic heterocycles. The van der Waals surface area contributed by atoms with E-state index in [-0.39, 0.29) is 25.1 Å². The van der Waals surface area contributed by atoms with Gasteiger partial charge in [0.2, 0.25) is 0 Å². The Morgan fingerprint density at radius 3 is 2.65 bits per heavy atom. The third-order valence-corrected chi connectivity index (χ3v) is 5.20. The third kappa shape index (κ3) is 2.81. The Kier molecular flexibility index (Phi) is 4.96. The number of carbonyl (C=O) groups excluding carboxylic acids is 2. The molecular weight excluding hydrogens is 300 g/mol. The van der Waals surface area contributed by atoms with Crippen molar-refractivity contribution in [2.75, 3.05) is 13.2 Å². The summed E-state index contributed by atoms with van der Waals surface area (Å²) in [7, 11) is 0. The van der Waals surface area contributed by atoms with Crippen molar-refractivity contribution in [2.45, 2.75) is 32.5 Å². The van der Waals surface area contributed by atoms with Gasteiger partial charge in [-0.15, -0.1) is 6.58 Å². The zero-order chi connectivity index (χ0) is 17.4. The van der Waals surface area contributed by atoms with Crippen molar-refractivity contribution in [2.24, 2.45) is 23.2 Å². The average molecular weight is 324 g/mol. The lowest BCUT2D eigenvalue weighted by Crippen LogP contribution is -2.55. The maximum Gasteiger partial charge on any atom is 0.309 e. The number of ether oxygens (including phenoxy) is 2. The van der Waals surface area contributed by atoms with Gasteiger partial charge in [-0.3, -0.25) is 9.59 Å². The van der Waals surface area contributed by atoms with Gasteiger partial charge in [0, 0.05) is 24.2 Å².